The van der Waals surface area contributed by atoms with Gasteiger partial charge in [0, 0.05) is 16.8 Å². The Bertz CT molecular complexity index is 794. The molecular weight excluding hydrogens is 256 g/mol. The molecule has 0 bridgehead atoms. The number of aldehydes is 1. The highest BCUT2D eigenvalue weighted by atomic mass is 16.1. The third kappa shape index (κ3) is 2.26. The first kappa shape index (κ1) is 12.0. The number of hydrogen-bond acceptors (Lipinski definition) is 4. The second kappa shape index (κ2) is 4.93. The van der Waals surface area contributed by atoms with E-state index in [9.17, 15) is 9.59 Å². The molecule has 0 aliphatic carbocycles. The molecule has 3 aromatic rings. The van der Waals surface area contributed by atoms with Crippen LogP contribution in [-0.2, 0) is 0 Å². The van der Waals surface area contributed by atoms with Gasteiger partial charge in [0.25, 0.3) is 5.91 Å². The first-order valence-corrected chi connectivity index (χ1v) is 5.93. The zero-order valence-electron chi connectivity index (χ0n) is 10.3. The van der Waals surface area contributed by atoms with Crippen molar-refractivity contribution in [2.24, 2.45) is 0 Å². The number of benzene rings is 2. The van der Waals surface area contributed by atoms with E-state index in [0.29, 0.717) is 28.6 Å². The standard InChI is InChI=1S/C14H10N4O2/c19-8-9-2-1-3-10(6-9)14(20)15-11-4-5-12-13(7-11)17-18-16-12/h1-8H,(H,15,20)(H,16,17,18). The molecular formula is C14H10N4O2. The minimum Gasteiger partial charge on any atom is -0.322 e. The van der Waals surface area contributed by atoms with Crippen molar-refractivity contribution in [1.82, 2.24) is 15.4 Å². The van der Waals surface area contributed by atoms with Crippen LogP contribution in [0, 0.1) is 0 Å². The maximum absolute atomic E-state index is 12.1. The first-order valence-electron chi connectivity index (χ1n) is 5.93. The number of carbonyl (C=O) groups is 2. The Kier molecular flexibility index (Phi) is 2.96. The van der Waals surface area contributed by atoms with Gasteiger partial charge in [-0.25, -0.2) is 0 Å². The second-order valence-corrected chi connectivity index (χ2v) is 4.22. The van der Waals surface area contributed by atoms with E-state index in [2.05, 4.69) is 20.7 Å². The smallest absolute Gasteiger partial charge is 0.255 e. The molecule has 0 aliphatic rings. The SMILES string of the molecule is O=Cc1cccc(C(=O)Nc2ccc3n[nH]nc3c2)c1. The number of nitrogens with one attached hydrogen (secondary N) is 2. The van der Waals surface area contributed by atoms with Crippen molar-refractivity contribution in [2.45, 2.75) is 0 Å². The zero-order chi connectivity index (χ0) is 13.9. The molecule has 0 fully saturated rings. The fraction of sp³-hybridized carbons (Fsp3) is 0. The number of nitrogens with zero attached hydrogens (tertiary/aromatic N) is 2. The molecule has 0 spiro atoms. The van der Waals surface area contributed by atoms with Crippen LogP contribution < -0.4 is 5.32 Å². The van der Waals surface area contributed by atoms with E-state index < -0.39 is 0 Å². The summed E-state index contributed by atoms with van der Waals surface area (Å²) in [5.41, 5.74) is 2.91. The lowest BCUT2D eigenvalue weighted by Gasteiger charge is -2.05. The summed E-state index contributed by atoms with van der Waals surface area (Å²) in [5, 5.41) is 13.2. The molecule has 20 heavy (non-hydrogen) atoms. The van der Waals surface area contributed by atoms with E-state index in [1.165, 1.54) is 6.07 Å². The Balaban J connectivity index is 1.85. The minimum absolute atomic E-state index is 0.281. The van der Waals surface area contributed by atoms with Crippen molar-refractivity contribution in [3.05, 3.63) is 53.6 Å². The molecule has 0 saturated heterocycles. The zero-order valence-corrected chi connectivity index (χ0v) is 10.3. The van der Waals surface area contributed by atoms with Gasteiger partial charge in [0.15, 0.2) is 0 Å². The van der Waals surface area contributed by atoms with Crippen molar-refractivity contribution < 1.29 is 9.59 Å². The van der Waals surface area contributed by atoms with Gasteiger partial charge in [0.05, 0.1) is 0 Å². The lowest BCUT2D eigenvalue weighted by Crippen LogP contribution is -2.12. The van der Waals surface area contributed by atoms with E-state index in [4.69, 9.17) is 0 Å². The number of carbonyl (C=O) groups excluding carboxylic acids is 2. The molecule has 0 saturated carbocycles. The van der Waals surface area contributed by atoms with Gasteiger partial charge in [-0.3, -0.25) is 9.59 Å². The number of amides is 1. The van der Waals surface area contributed by atoms with Crippen molar-refractivity contribution in [3.63, 3.8) is 0 Å². The number of aromatic nitrogens is 3. The van der Waals surface area contributed by atoms with Crippen molar-refractivity contribution in [3.8, 4) is 0 Å². The molecule has 6 nitrogen and oxygen atoms in total. The lowest BCUT2D eigenvalue weighted by molar-refractivity contribution is 0.102. The highest BCUT2D eigenvalue weighted by molar-refractivity contribution is 6.05. The van der Waals surface area contributed by atoms with Gasteiger partial charge in [-0.15, -0.1) is 0 Å². The molecule has 2 N–H and O–H groups in total. The van der Waals surface area contributed by atoms with Crippen molar-refractivity contribution in [1.29, 1.82) is 0 Å². The van der Waals surface area contributed by atoms with Crippen LogP contribution in [0.1, 0.15) is 20.7 Å². The monoisotopic (exact) mass is 266 g/mol. The number of rotatable bonds is 3. The summed E-state index contributed by atoms with van der Waals surface area (Å²) < 4.78 is 0. The van der Waals surface area contributed by atoms with Crippen LogP contribution in [-0.4, -0.2) is 27.6 Å². The summed E-state index contributed by atoms with van der Waals surface area (Å²) in [5.74, 6) is -0.281. The Labute approximate surface area is 113 Å². The Morgan fingerprint density at radius 2 is 1.95 bits per heavy atom. The molecule has 3 rings (SSSR count). The van der Waals surface area contributed by atoms with E-state index in [1.54, 1.807) is 36.4 Å². The molecule has 1 aromatic heterocycles. The van der Waals surface area contributed by atoms with Crippen LogP contribution in [0.5, 0.6) is 0 Å². The predicted molar refractivity (Wildman–Crippen MR) is 73.7 cm³/mol. The largest absolute Gasteiger partial charge is 0.322 e. The quantitative estimate of drug-likeness (QED) is 0.710. The number of anilines is 1. The fourth-order valence-corrected chi connectivity index (χ4v) is 1.87. The molecule has 98 valence electrons. The van der Waals surface area contributed by atoms with E-state index in [-0.39, 0.29) is 5.91 Å². The summed E-state index contributed by atoms with van der Waals surface area (Å²) in [4.78, 5) is 22.8. The van der Waals surface area contributed by atoms with E-state index >= 15 is 0 Å². The summed E-state index contributed by atoms with van der Waals surface area (Å²) >= 11 is 0. The van der Waals surface area contributed by atoms with Crippen molar-refractivity contribution >= 4 is 28.9 Å². The maximum atomic E-state index is 12.1. The Hall–Kier alpha value is -3.02. The van der Waals surface area contributed by atoms with Gasteiger partial charge < -0.3 is 5.32 Å². The normalized spacial score (nSPS) is 10.4. The van der Waals surface area contributed by atoms with Gasteiger partial charge in [0.1, 0.15) is 17.3 Å². The summed E-state index contributed by atoms with van der Waals surface area (Å²) in [6.07, 6.45) is 0.707. The average Bonchev–Trinajstić information content (AvgIpc) is 2.95. The molecule has 0 radical (unpaired) electrons. The first-order chi connectivity index (χ1) is 9.76. The number of H-pyrrole nitrogens is 1. The number of aromatic amines is 1. The molecule has 6 heteroatoms. The van der Waals surface area contributed by atoms with Crippen molar-refractivity contribution in [2.75, 3.05) is 5.32 Å². The van der Waals surface area contributed by atoms with Crippen LogP contribution in [0.15, 0.2) is 42.5 Å². The average molecular weight is 266 g/mol. The van der Waals surface area contributed by atoms with Crippen LogP contribution in [0.2, 0.25) is 0 Å². The third-order valence-corrected chi connectivity index (χ3v) is 2.86. The fourth-order valence-electron chi connectivity index (χ4n) is 1.87. The molecule has 1 amide bonds. The molecule has 0 atom stereocenters. The molecule has 0 unspecified atom stereocenters. The van der Waals surface area contributed by atoms with E-state index in [0.717, 1.165) is 5.52 Å². The van der Waals surface area contributed by atoms with Crippen LogP contribution in [0.25, 0.3) is 11.0 Å². The van der Waals surface area contributed by atoms with Crippen LogP contribution >= 0.6 is 0 Å². The summed E-state index contributed by atoms with van der Waals surface area (Å²) in [6.45, 7) is 0. The highest BCUT2D eigenvalue weighted by Crippen LogP contribution is 2.16. The third-order valence-electron chi connectivity index (χ3n) is 2.86. The van der Waals surface area contributed by atoms with Gasteiger partial charge in [-0.05, 0) is 30.3 Å². The second-order valence-electron chi connectivity index (χ2n) is 4.22. The van der Waals surface area contributed by atoms with Crippen LogP contribution in [0.3, 0.4) is 0 Å². The number of fused-ring (bicyclic) bond motifs is 1. The molecule has 2 aromatic carbocycles. The summed E-state index contributed by atoms with van der Waals surface area (Å²) in [6, 6.07) is 11.7. The lowest BCUT2D eigenvalue weighted by atomic mass is 10.1. The van der Waals surface area contributed by atoms with Crippen LogP contribution in [0.4, 0.5) is 5.69 Å². The van der Waals surface area contributed by atoms with Gasteiger partial charge in [-0.2, -0.15) is 15.4 Å². The topological polar surface area (TPSA) is 87.7 Å². The van der Waals surface area contributed by atoms with Gasteiger partial charge in [0.2, 0.25) is 0 Å². The predicted octanol–water partition coefficient (Wildman–Crippen LogP) is 2.02. The molecule has 1 heterocycles. The van der Waals surface area contributed by atoms with Gasteiger partial charge >= 0.3 is 0 Å². The number of hydrogen-bond donors (Lipinski definition) is 2. The Morgan fingerprint density at radius 3 is 2.80 bits per heavy atom. The molecule has 0 aliphatic heterocycles. The Morgan fingerprint density at radius 1 is 1.10 bits per heavy atom. The maximum Gasteiger partial charge on any atom is 0.255 e. The minimum atomic E-state index is -0.281. The summed E-state index contributed by atoms with van der Waals surface area (Å²) in [7, 11) is 0. The van der Waals surface area contributed by atoms with E-state index in [1.807, 2.05) is 0 Å². The highest BCUT2D eigenvalue weighted by Gasteiger charge is 2.08. The van der Waals surface area contributed by atoms with Gasteiger partial charge in [-0.1, -0.05) is 12.1 Å².